The standard InChI is InChI=1S/C13H16FN5O/c1-3-4-19-12(16-8-17-19)9(2)18-13(20)10-5-11(14)7-15-6-10/h5-9H,3-4H2,1-2H3,(H,18,20)/t9-/m1/s1. The molecule has 2 rings (SSSR count). The number of rotatable bonds is 5. The predicted molar refractivity (Wildman–Crippen MR) is 70.4 cm³/mol. The van der Waals surface area contributed by atoms with Gasteiger partial charge in [0.25, 0.3) is 5.91 Å². The van der Waals surface area contributed by atoms with Gasteiger partial charge < -0.3 is 5.32 Å². The first-order chi connectivity index (χ1) is 9.61. The zero-order valence-corrected chi connectivity index (χ0v) is 11.4. The van der Waals surface area contributed by atoms with Gasteiger partial charge in [0.05, 0.1) is 17.8 Å². The molecule has 0 fully saturated rings. The molecule has 0 aromatic carbocycles. The van der Waals surface area contributed by atoms with Crippen molar-refractivity contribution in [1.29, 1.82) is 0 Å². The van der Waals surface area contributed by atoms with E-state index in [-0.39, 0.29) is 11.6 Å². The van der Waals surface area contributed by atoms with Crippen LogP contribution < -0.4 is 5.32 Å². The van der Waals surface area contributed by atoms with Crippen LogP contribution in [0.4, 0.5) is 4.39 Å². The average Bonchev–Trinajstić information content (AvgIpc) is 2.87. The number of aromatic nitrogens is 4. The van der Waals surface area contributed by atoms with Gasteiger partial charge in [-0.25, -0.2) is 14.1 Å². The fourth-order valence-electron chi connectivity index (χ4n) is 1.87. The number of aryl methyl sites for hydroxylation is 1. The van der Waals surface area contributed by atoms with Crippen LogP contribution in [0, 0.1) is 5.82 Å². The third kappa shape index (κ3) is 3.17. The van der Waals surface area contributed by atoms with E-state index in [0.29, 0.717) is 5.82 Å². The van der Waals surface area contributed by atoms with Crippen molar-refractivity contribution >= 4 is 5.91 Å². The van der Waals surface area contributed by atoms with Gasteiger partial charge in [-0.15, -0.1) is 0 Å². The van der Waals surface area contributed by atoms with Crippen molar-refractivity contribution < 1.29 is 9.18 Å². The number of nitrogens with one attached hydrogen (secondary N) is 1. The molecule has 20 heavy (non-hydrogen) atoms. The summed E-state index contributed by atoms with van der Waals surface area (Å²) in [6.07, 6.45) is 4.75. The van der Waals surface area contributed by atoms with Gasteiger partial charge in [0, 0.05) is 12.7 Å². The average molecular weight is 277 g/mol. The topological polar surface area (TPSA) is 72.7 Å². The highest BCUT2D eigenvalue weighted by Crippen LogP contribution is 2.10. The molecule has 2 aromatic heterocycles. The smallest absolute Gasteiger partial charge is 0.253 e. The van der Waals surface area contributed by atoms with Crippen molar-refractivity contribution in [2.75, 3.05) is 0 Å². The lowest BCUT2D eigenvalue weighted by molar-refractivity contribution is 0.0936. The van der Waals surface area contributed by atoms with Gasteiger partial charge in [0.2, 0.25) is 0 Å². The Bertz CT molecular complexity index is 598. The summed E-state index contributed by atoms with van der Waals surface area (Å²) in [5.74, 6) is -0.264. The normalized spacial score (nSPS) is 12.2. The van der Waals surface area contributed by atoms with Crippen LogP contribution in [-0.2, 0) is 6.54 Å². The lowest BCUT2D eigenvalue weighted by atomic mass is 10.2. The summed E-state index contributed by atoms with van der Waals surface area (Å²) in [5.41, 5.74) is 0.179. The van der Waals surface area contributed by atoms with Crippen molar-refractivity contribution in [1.82, 2.24) is 25.1 Å². The largest absolute Gasteiger partial charge is 0.342 e. The fourth-order valence-corrected chi connectivity index (χ4v) is 1.87. The predicted octanol–water partition coefficient (Wildman–Crippen LogP) is 1.71. The van der Waals surface area contributed by atoms with Gasteiger partial charge >= 0.3 is 0 Å². The molecule has 2 aromatic rings. The quantitative estimate of drug-likeness (QED) is 0.903. The van der Waals surface area contributed by atoms with Gasteiger partial charge in [0.1, 0.15) is 18.0 Å². The molecule has 0 radical (unpaired) electrons. The Kier molecular flexibility index (Phi) is 4.39. The van der Waals surface area contributed by atoms with Crippen molar-refractivity contribution in [2.45, 2.75) is 32.9 Å². The molecular formula is C13H16FN5O. The number of carbonyl (C=O) groups excluding carboxylic acids is 1. The van der Waals surface area contributed by atoms with Gasteiger partial charge in [-0.2, -0.15) is 5.10 Å². The molecule has 2 heterocycles. The Labute approximate surface area is 116 Å². The second-order valence-electron chi connectivity index (χ2n) is 4.43. The van der Waals surface area contributed by atoms with Crippen molar-refractivity contribution in [3.05, 3.63) is 42.0 Å². The molecule has 0 spiro atoms. The second-order valence-corrected chi connectivity index (χ2v) is 4.43. The van der Waals surface area contributed by atoms with E-state index in [1.54, 1.807) is 11.6 Å². The molecule has 0 bridgehead atoms. The molecule has 1 N–H and O–H groups in total. The minimum atomic E-state index is -0.542. The van der Waals surface area contributed by atoms with Crippen LogP contribution in [0.5, 0.6) is 0 Å². The van der Waals surface area contributed by atoms with Crippen molar-refractivity contribution in [3.63, 3.8) is 0 Å². The van der Waals surface area contributed by atoms with E-state index in [9.17, 15) is 9.18 Å². The van der Waals surface area contributed by atoms with E-state index in [4.69, 9.17) is 0 Å². The van der Waals surface area contributed by atoms with Crippen LogP contribution in [0.15, 0.2) is 24.8 Å². The van der Waals surface area contributed by atoms with Gasteiger partial charge in [-0.3, -0.25) is 9.78 Å². The SMILES string of the molecule is CCCn1ncnc1[C@@H](C)NC(=O)c1cncc(F)c1. The van der Waals surface area contributed by atoms with Gasteiger partial charge in [0.15, 0.2) is 0 Å². The Morgan fingerprint density at radius 2 is 2.30 bits per heavy atom. The van der Waals surface area contributed by atoms with Crippen molar-refractivity contribution in [2.24, 2.45) is 0 Å². The van der Waals surface area contributed by atoms with Crippen LogP contribution in [0.25, 0.3) is 0 Å². The minimum absolute atomic E-state index is 0.179. The third-order valence-electron chi connectivity index (χ3n) is 2.78. The Balaban J connectivity index is 2.09. The summed E-state index contributed by atoms with van der Waals surface area (Å²) in [4.78, 5) is 19.8. The lowest BCUT2D eigenvalue weighted by Crippen LogP contribution is -2.29. The Hall–Kier alpha value is -2.31. The van der Waals surface area contributed by atoms with Crippen molar-refractivity contribution in [3.8, 4) is 0 Å². The Morgan fingerprint density at radius 3 is 3.00 bits per heavy atom. The molecule has 6 nitrogen and oxygen atoms in total. The molecule has 0 unspecified atom stereocenters. The van der Waals surface area contributed by atoms with E-state index in [0.717, 1.165) is 25.2 Å². The molecule has 7 heteroatoms. The van der Waals surface area contributed by atoms with Crippen LogP contribution in [0.3, 0.4) is 0 Å². The number of nitrogens with zero attached hydrogens (tertiary/aromatic N) is 4. The number of carbonyl (C=O) groups is 1. The number of hydrogen-bond acceptors (Lipinski definition) is 4. The molecule has 0 aliphatic heterocycles. The van der Waals surface area contributed by atoms with Crippen LogP contribution in [0.1, 0.15) is 42.5 Å². The summed E-state index contributed by atoms with van der Waals surface area (Å²) >= 11 is 0. The highest BCUT2D eigenvalue weighted by Gasteiger charge is 2.16. The van der Waals surface area contributed by atoms with E-state index in [2.05, 4.69) is 20.4 Å². The summed E-state index contributed by atoms with van der Waals surface area (Å²) in [5, 5.41) is 6.86. The number of halogens is 1. The molecule has 0 aliphatic carbocycles. The fraction of sp³-hybridized carbons (Fsp3) is 0.385. The molecule has 0 saturated heterocycles. The zero-order chi connectivity index (χ0) is 14.5. The maximum absolute atomic E-state index is 13.0. The summed E-state index contributed by atoms with van der Waals surface area (Å²) in [6, 6.07) is 0.825. The first-order valence-corrected chi connectivity index (χ1v) is 6.41. The summed E-state index contributed by atoms with van der Waals surface area (Å²) < 4.78 is 14.8. The lowest BCUT2D eigenvalue weighted by Gasteiger charge is -2.14. The zero-order valence-electron chi connectivity index (χ0n) is 11.4. The molecule has 106 valence electrons. The molecule has 1 amide bonds. The summed E-state index contributed by atoms with van der Waals surface area (Å²) in [6.45, 7) is 4.57. The van der Waals surface area contributed by atoms with Crippen LogP contribution in [-0.4, -0.2) is 25.7 Å². The monoisotopic (exact) mass is 277 g/mol. The van der Waals surface area contributed by atoms with Gasteiger partial charge in [-0.1, -0.05) is 6.92 Å². The third-order valence-corrected chi connectivity index (χ3v) is 2.78. The molecule has 0 saturated carbocycles. The molecule has 0 aliphatic rings. The second kappa shape index (κ2) is 6.23. The maximum Gasteiger partial charge on any atom is 0.253 e. The first kappa shape index (κ1) is 14.1. The molecule has 1 atom stereocenters. The van der Waals surface area contributed by atoms with Crippen LogP contribution >= 0.6 is 0 Å². The number of amides is 1. The molecular weight excluding hydrogens is 261 g/mol. The van der Waals surface area contributed by atoms with E-state index in [1.807, 2.05) is 6.92 Å². The minimum Gasteiger partial charge on any atom is -0.342 e. The van der Waals surface area contributed by atoms with E-state index in [1.165, 1.54) is 12.5 Å². The number of pyridine rings is 1. The highest BCUT2D eigenvalue weighted by atomic mass is 19.1. The van der Waals surface area contributed by atoms with E-state index >= 15 is 0 Å². The Morgan fingerprint density at radius 1 is 1.50 bits per heavy atom. The van der Waals surface area contributed by atoms with E-state index < -0.39 is 11.7 Å². The first-order valence-electron chi connectivity index (χ1n) is 6.41. The maximum atomic E-state index is 13.0. The van der Waals surface area contributed by atoms with Gasteiger partial charge in [-0.05, 0) is 19.4 Å². The summed E-state index contributed by atoms with van der Waals surface area (Å²) in [7, 11) is 0. The number of hydrogen-bond donors (Lipinski definition) is 1. The highest BCUT2D eigenvalue weighted by molar-refractivity contribution is 5.94. The van der Waals surface area contributed by atoms with Crippen LogP contribution in [0.2, 0.25) is 0 Å².